The van der Waals surface area contributed by atoms with Crippen LogP contribution >= 0.6 is 0 Å². The highest BCUT2D eigenvalue weighted by Gasteiger charge is 2.23. The lowest BCUT2D eigenvalue weighted by Crippen LogP contribution is -2.39. The molecule has 48 heavy (non-hydrogen) atoms. The third-order valence-electron chi connectivity index (χ3n) is 7.18. The number of unbranched alkanes of at least 4 members (excludes halogenated alkanes) is 3. The number of carbonyl (C=O) groups excluding carboxylic acids is 4. The van der Waals surface area contributed by atoms with Crippen molar-refractivity contribution in [1.82, 2.24) is 20.4 Å². The Morgan fingerprint density at radius 3 is 1.19 bits per heavy atom. The van der Waals surface area contributed by atoms with Gasteiger partial charge in [0, 0.05) is 39.3 Å². The number of nitrogens with one attached hydrogen (secondary N) is 2. The first kappa shape index (κ1) is 40.1. The van der Waals surface area contributed by atoms with Gasteiger partial charge in [-0.15, -0.1) is 0 Å². The molecule has 10 heteroatoms. The Labute approximate surface area is 287 Å². The van der Waals surface area contributed by atoms with Gasteiger partial charge in [-0.3, -0.25) is 9.59 Å². The molecule has 0 aliphatic heterocycles. The van der Waals surface area contributed by atoms with Gasteiger partial charge >= 0.3 is 12.2 Å². The average Bonchev–Trinajstić information content (AvgIpc) is 3.00. The minimum atomic E-state index is -0.602. The van der Waals surface area contributed by atoms with Crippen LogP contribution < -0.4 is 10.6 Å². The van der Waals surface area contributed by atoms with Crippen molar-refractivity contribution in [1.29, 1.82) is 0 Å². The quantitative estimate of drug-likeness (QED) is 0.165. The van der Waals surface area contributed by atoms with Gasteiger partial charge in [0.2, 0.25) is 11.8 Å². The van der Waals surface area contributed by atoms with Crippen molar-refractivity contribution in [2.45, 2.75) is 104 Å². The largest absolute Gasteiger partial charge is 0.444 e. The third kappa shape index (κ3) is 18.9. The molecule has 0 saturated heterocycles. The van der Waals surface area contributed by atoms with Crippen molar-refractivity contribution in [3.8, 4) is 0 Å². The topological polar surface area (TPSA) is 117 Å². The molecular formula is C38H58N4O6. The van der Waals surface area contributed by atoms with Crippen molar-refractivity contribution in [3.05, 3.63) is 71.8 Å². The van der Waals surface area contributed by atoms with Gasteiger partial charge in [0.15, 0.2) is 0 Å². The predicted molar refractivity (Wildman–Crippen MR) is 190 cm³/mol. The zero-order valence-corrected chi connectivity index (χ0v) is 30.0. The first-order valence-electron chi connectivity index (χ1n) is 17.3. The molecule has 0 heterocycles. The summed E-state index contributed by atoms with van der Waals surface area (Å²) in [6, 6.07) is 19.2. The second-order valence-electron chi connectivity index (χ2n) is 14.1. The van der Waals surface area contributed by atoms with Crippen molar-refractivity contribution in [3.63, 3.8) is 0 Å². The van der Waals surface area contributed by atoms with Crippen molar-refractivity contribution in [2.75, 3.05) is 39.3 Å². The summed E-state index contributed by atoms with van der Waals surface area (Å²) in [6.07, 6.45) is 4.53. The minimum Gasteiger partial charge on any atom is -0.444 e. The molecule has 0 atom stereocenters. The fourth-order valence-corrected chi connectivity index (χ4v) is 4.88. The van der Waals surface area contributed by atoms with Gasteiger partial charge in [-0.1, -0.05) is 73.5 Å². The van der Waals surface area contributed by atoms with Gasteiger partial charge in [0.05, 0.1) is 12.8 Å². The molecule has 2 aromatic rings. The number of hydrogen-bond donors (Lipinski definition) is 2. The van der Waals surface area contributed by atoms with Crippen molar-refractivity contribution >= 4 is 24.0 Å². The maximum absolute atomic E-state index is 12.9. The van der Waals surface area contributed by atoms with Crippen LogP contribution in [0.2, 0.25) is 0 Å². The molecule has 2 N–H and O–H groups in total. The molecule has 266 valence electrons. The molecule has 0 radical (unpaired) electrons. The van der Waals surface area contributed by atoms with Crippen LogP contribution in [0.5, 0.6) is 0 Å². The summed E-state index contributed by atoms with van der Waals surface area (Å²) < 4.78 is 11.3. The molecule has 0 unspecified atom stereocenters. The fraction of sp³-hybridized carbons (Fsp3) is 0.579. The van der Waals surface area contributed by atoms with Crippen molar-refractivity contribution < 1.29 is 28.7 Å². The van der Waals surface area contributed by atoms with Gasteiger partial charge in [-0.2, -0.15) is 0 Å². The Bertz CT molecular complexity index is 1140. The van der Waals surface area contributed by atoms with E-state index < -0.39 is 11.2 Å². The number of nitrogens with zero attached hydrogens (tertiary/aromatic N) is 2. The second-order valence-corrected chi connectivity index (χ2v) is 14.1. The van der Waals surface area contributed by atoms with E-state index in [1.807, 2.05) is 102 Å². The SMILES string of the molecule is CC(C)(C)OC(=O)N(CCCCCCN(CCCNC(=O)Cc1ccccc1)C(=O)OC(C)(C)C)CCCNC(=O)Cc1ccccc1. The lowest BCUT2D eigenvalue weighted by molar-refractivity contribution is -0.121. The molecule has 2 rings (SSSR count). The number of carbonyl (C=O) groups is 4. The molecule has 0 aliphatic rings. The Kier molecular flexibility index (Phi) is 17.5. The van der Waals surface area contributed by atoms with Crippen LogP contribution in [0.3, 0.4) is 0 Å². The minimum absolute atomic E-state index is 0.0433. The fourth-order valence-electron chi connectivity index (χ4n) is 4.88. The zero-order chi connectivity index (χ0) is 35.4. The molecule has 0 bridgehead atoms. The van der Waals surface area contributed by atoms with E-state index in [1.165, 1.54) is 0 Å². The maximum atomic E-state index is 12.9. The summed E-state index contributed by atoms with van der Waals surface area (Å²) in [7, 11) is 0. The Balaban J connectivity index is 1.77. The highest BCUT2D eigenvalue weighted by Crippen LogP contribution is 2.14. The number of ether oxygens (including phenoxy) is 2. The van der Waals surface area contributed by atoms with E-state index in [1.54, 1.807) is 9.80 Å². The summed E-state index contributed by atoms with van der Waals surface area (Å²) in [4.78, 5) is 53.9. The van der Waals surface area contributed by atoms with Crippen LogP contribution in [-0.2, 0) is 31.9 Å². The highest BCUT2D eigenvalue weighted by molar-refractivity contribution is 5.79. The van der Waals surface area contributed by atoms with Crippen LogP contribution in [-0.4, -0.2) is 84.3 Å². The van der Waals surface area contributed by atoms with E-state index in [0.717, 1.165) is 36.8 Å². The van der Waals surface area contributed by atoms with Crippen LogP contribution in [0.1, 0.15) is 91.2 Å². The molecule has 2 aromatic carbocycles. The molecule has 4 amide bonds. The smallest absolute Gasteiger partial charge is 0.410 e. The van der Waals surface area contributed by atoms with Gasteiger partial charge in [0.1, 0.15) is 11.2 Å². The molecule has 0 aliphatic carbocycles. The first-order chi connectivity index (χ1) is 22.7. The summed E-state index contributed by atoms with van der Waals surface area (Å²) >= 11 is 0. The lowest BCUT2D eigenvalue weighted by atomic mass is 10.1. The highest BCUT2D eigenvalue weighted by atomic mass is 16.6. The number of hydrogen-bond acceptors (Lipinski definition) is 6. The normalized spacial score (nSPS) is 11.4. The summed E-state index contributed by atoms with van der Waals surface area (Å²) in [5.41, 5.74) is 0.717. The molecular weight excluding hydrogens is 608 g/mol. The third-order valence-corrected chi connectivity index (χ3v) is 7.18. The maximum Gasteiger partial charge on any atom is 0.410 e. The van der Waals surface area contributed by atoms with E-state index in [0.29, 0.717) is 65.0 Å². The summed E-state index contributed by atoms with van der Waals surface area (Å²) in [6.45, 7) is 14.1. The van der Waals surface area contributed by atoms with Crippen LogP contribution in [0, 0.1) is 0 Å². The number of amides is 4. The van der Waals surface area contributed by atoms with Crippen LogP contribution in [0.15, 0.2) is 60.7 Å². The van der Waals surface area contributed by atoms with Gasteiger partial charge in [-0.25, -0.2) is 9.59 Å². The monoisotopic (exact) mass is 666 g/mol. The van der Waals surface area contributed by atoms with E-state index in [2.05, 4.69) is 10.6 Å². The summed E-state index contributed by atoms with van der Waals surface area (Å²) in [5.74, 6) is -0.0866. The number of rotatable bonds is 19. The Morgan fingerprint density at radius 1 is 0.521 bits per heavy atom. The van der Waals surface area contributed by atoms with Crippen LogP contribution in [0.4, 0.5) is 9.59 Å². The summed E-state index contributed by atoms with van der Waals surface area (Å²) in [5, 5.41) is 5.89. The second kappa shape index (κ2) is 21.0. The first-order valence-corrected chi connectivity index (χ1v) is 17.3. The number of benzene rings is 2. The van der Waals surface area contributed by atoms with Gasteiger partial charge < -0.3 is 29.9 Å². The molecule has 10 nitrogen and oxygen atoms in total. The molecule has 0 spiro atoms. The molecule has 0 fully saturated rings. The van der Waals surface area contributed by atoms with Crippen molar-refractivity contribution in [2.24, 2.45) is 0 Å². The van der Waals surface area contributed by atoms with E-state index in [4.69, 9.17) is 9.47 Å². The van der Waals surface area contributed by atoms with Gasteiger partial charge in [0.25, 0.3) is 0 Å². The Hall–Kier alpha value is -4.08. The molecule has 0 aromatic heterocycles. The standard InChI is InChI=1S/C38H58N4O6/c1-37(2,3)47-35(45)41(27-17-23-39-33(43)29-31-19-11-9-12-20-31)25-15-7-8-16-26-42(36(46)48-38(4,5)6)28-18-24-40-34(44)30-32-21-13-10-14-22-32/h9-14,19-22H,7-8,15-18,23-30H2,1-6H3,(H,39,43)(H,40,44). The van der Waals surface area contributed by atoms with E-state index in [9.17, 15) is 19.2 Å². The van der Waals surface area contributed by atoms with Crippen LogP contribution in [0.25, 0.3) is 0 Å². The lowest BCUT2D eigenvalue weighted by Gasteiger charge is -2.28. The zero-order valence-electron chi connectivity index (χ0n) is 30.0. The average molecular weight is 667 g/mol. The Morgan fingerprint density at radius 2 is 0.854 bits per heavy atom. The van der Waals surface area contributed by atoms with Gasteiger partial charge in [-0.05, 0) is 78.4 Å². The predicted octanol–water partition coefficient (Wildman–Crippen LogP) is 6.52. The van der Waals surface area contributed by atoms with E-state index >= 15 is 0 Å². The van der Waals surface area contributed by atoms with E-state index in [-0.39, 0.29) is 24.0 Å². The molecule has 0 saturated carbocycles.